The van der Waals surface area contributed by atoms with E-state index < -0.39 is 11.9 Å². The molecule has 0 aliphatic carbocycles. The molecule has 0 aromatic rings. The number of nitrogens with zero attached hydrogens (tertiary/aromatic N) is 3. The van der Waals surface area contributed by atoms with Crippen LogP contribution in [-0.4, -0.2) is 66.3 Å². The molecular weight excluding hydrogens is 302 g/mol. The Morgan fingerprint density at radius 2 is 2.09 bits per heavy atom. The third-order valence-corrected chi connectivity index (χ3v) is 4.82. The molecule has 0 N–H and O–H groups in total. The second-order valence-corrected chi connectivity index (χ2v) is 6.11. The molecule has 3 aliphatic heterocycles. The zero-order valence-electron chi connectivity index (χ0n) is 13.6. The number of carbonyl (C=O) groups excluding carboxylic acids is 2. The molecule has 8 nitrogen and oxygen atoms in total. The lowest BCUT2D eigenvalue weighted by atomic mass is 9.87. The average molecular weight is 325 g/mol. The van der Waals surface area contributed by atoms with Crippen LogP contribution in [0.15, 0.2) is 5.16 Å². The van der Waals surface area contributed by atoms with Gasteiger partial charge in [0.1, 0.15) is 5.92 Å². The second kappa shape index (κ2) is 6.35. The summed E-state index contributed by atoms with van der Waals surface area (Å²) in [6.07, 6.45) is 2.09. The highest BCUT2D eigenvalue weighted by atomic mass is 16.8. The van der Waals surface area contributed by atoms with E-state index in [0.29, 0.717) is 19.5 Å². The van der Waals surface area contributed by atoms with Crippen molar-refractivity contribution in [2.24, 2.45) is 11.1 Å². The number of ether oxygens (including phenoxy) is 2. The van der Waals surface area contributed by atoms with Gasteiger partial charge in [-0.3, -0.25) is 9.69 Å². The van der Waals surface area contributed by atoms with E-state index in [1.165, 1.54) is 0 Å². The molecule has 3 heterocycles. The number of rotatable bonds is 2. The Kier molecular flexibility index (Phi) is 4.43. The molecule has 2 atom stereocenters. The molecule has 8 heteroatoms. The Morgan fingerprint density at radius 3 is 2.74 bits per heavy atom. The van der Waals surface area contributed by atoms with E-state index >= 15 is 0 Å². The molecule has 0 spiro atoms. The molecule has 0 saturated carbocycles. The number of hydrogen-bond acceptors (Lipinski definition) is 7. The smallest absolute Gasteiger partial charge is 0.434 e. The summed E-state index contributed by atoms with van der Waals surface area (Å²) in [5.41, 5.74) is -0.607. The van der Waals surface area contributed by atoms with Crippen molar-refractivity contribution >= 4 is 18.0 Å². The number of hydrogen-bond donors (Lipinski definition) is 0. The van der Waals surface area contributed by atoms with Gasteiger partial charge in [-0.1, -0.05) is 0 Å². The molecule has 3 rings (SSSR count). The van der Waals surface area contributed by atoms with Crippen LogP contribution in [-0.2, 0) is 19.1 Å². The lowest BCUT2D eigenvalue weighted by Crippen LogP contribution is -2.61. The molecule has 0 aromatic heterocycles. The number of amides is 1. The molecular formula is C15H23N3O5. The van der Waals surface area contributed by atoms with Gasteiger partial charge in [-0.25, -0.2) is 4.79 Å². The van der Waals surface area contributed by atoms with Crippen LogP contribution in [0.1, 0.15) is 33.1 Å². The first-order chi connectivity index (χ1) is 11.1. The van der Waals surface area contributed by atoms with Crippen molar-refractivity contribution in [3.63, 3.8) is 0 Å². The van der Waals surface area contributed by atoms with Crippen LogP contribution in [0.25, 0.3) is 0 Å². The van der Waals surface area contributed by atoms with Gasteiger partial charge in [0.25, 0.3) is 0 Å². The molecule has 0 bridgehead atoms. The Hall–Kier alpha value is -1.83. The van der Waals surface area contributed by atoms with Crippen LogP contribution in [0, 0.1) is 5.92 Å². The van der Waals surface area contributed by atoms with Gasteiger partial charge in [-0.05, 0) is 24.9 Å². The van der Waals surface area contributed by atoms with Gasteiger partial charge in [0.15, 0.2) is 0 Å². The zero-order valence-corrected chi connectivity index (χ0v) is 13.6. The van der Waals surface area contributed by atoms with Gasteiger partial charge in [0.05, 0.1) is 6.61 Å². The van der Waals surface area contributed by atoms with Gasteiger partial charge in [-0.2, -0.15) is 0 Å². The van der Waals surface area contributed by atoms with Crippen molar-refractivity contribution in [2.45, 2.75) is 38.8 Å². The van der Waals surface area contributed by atoms with Crippen LogP contribution < -0.4 is 0 Å². The van der Waals surface area contributed by atoms with E-state index in [1.54, 1.807) is 18.7 Å². The second-order valence-electron chi connectivity index (χ2n) is 6.11. The summed E-state index contributed by atoms with van der Waals surface area (Å²) < 4.78 is 10.1. The summed E-state index contributed by atoms with van der Waals surface area (Å²) >= 11 is 0. The molecule has 0 radical (unpaired) electrons. The molecule has 3 aliphatic rings. The third kappa shape index (κ3) is 2.87. The molecule has 0 aromatic carbocycles. The monoisotopic (exact) mass is 325 g/mol. The fourth-order valence-electron chi connectivity index (χ4n) is 3.63. The van der Waals surface area contributed by atoms with Crippen LogP contribution in [0.4, 0.5) is 4.79 Å². The quantitative estimate of drug-likeness (QED) is 0.709. The van der Waals surface area contributed by atoms with E-state index in [9.17, 15) is 9.59 Å². The van der Waals surface area contributed by atoms with Crippen LogP contribution in [0.3, 0.4) is 0 Å². The number of oxime groups is 1. The normalized spacial score (nSPS) is 30.4. The average Bonchev–Trinajstić information content (AvgIpc) is 3.16. The molecule has 128 valence electrons. The number of piperidine rings is 1. The number of likely N-dealkylation sites (tertiary alicyclic amines) is 2. The van der Waals surface area contributed by atoms with Crippen molar-refractivity contribution in [3.05, 3.63) is 0 Å². The molecule has 23 heavy (non-hydrogen) atoms. The van der Waals surface area contributed by atoms with E-state index in [1.807, 2.05) is 0 Å². The fourth-order valence-corrected chi connectivity index (χ4v) is 3.63. The summed E-state index contributed by atoms with van der Waals surface area (Å²) in [4.78, 5) is 33.2. The molecule has 1 amide bonds. The third-order valence-electron chi connectivity index (χ3n) is 4.82. The van der Waals surface area contributed by atoms with E-state index in [2.05, 4.69) is 10.1 Å². The summed E-state index contributed by atoms with van der Waals surface area (Å²) in [5, 5.41) is 4.03. The summed E-state index contributed by atoms with van der Waals surface area (Å²) in [7, 11) is 0. The number of carbonyl (C=O) groups is 2. The maximum Gasteiger partial charge on any atom is 0.515 e. The van der Waals surface area contributed by atoms with Crippen LogP contribution in [0.5, 0.6) is 0 Å². The first-order valence-electron chi connectivity index (χ1n) is 8.18. The number of fused-ring (bicyclic) bond motifs is 1. The highest BCUT2D eigenvalue weighted by Crippen LogP contribution is 2.42. The molecule has 2 fully saturated rings. The molecule has 2 unspecified atom stereocenters. The first-order valence-corrected chi connectivity index (χ1v) is 8.18. The highest BCUT2D eigenvalue weighted by molar-refractivity contribution is 5.90. The van der Waals surface area contributed by atoms with Crippen molar-refractivity contribution in [1.82, 2.24) is 9.80 Å². The standard InChI is InChI=1S/C15H23N3O5/c1-3-21-14(20)22-13-12-10-17(11(2)19)9-6-15(12,23-16-13)18-7-4-5-8-18/h12H,3-10H2,1-2H3. The Bertz CT molecular complexity index is 517. The minimum atomic E-state index is -0.785. The lowest BCUT2D eigenvalue weighted by Gasteiger charge is -2.45. The minimum Gasteiger partial charge on any atom is -0.434 e. The van der Waals surface area contributed by atoms with Crippen molar-refractivity contribution in [2.75, 3.05) is 32.8 Å². The summed E-state index contributed by atoms with van der Waals surface area (Å²) in [6, 6.07) is 0. The van der Waals surface area contributed by atoms with Gasteiger partial charge in [-0.15, -0.1) is 0 Å². The van der Waals surface area contributed by atoms with Crippen molar-refractivity contribution in [3.8, 4) is 0 Å². The SMILES string of the molecule is CCOC(=O)OC1=NOC2(N3CCCC3)CCN(C(C)=O)CC12. The first kappa shape index (κ1) is 16.0. The Balaban J connectivity index is 1.80. The zero-order chi connectivity index (χ0) is 16.4. The predicted molar refractivity (Wildman–Crippen MR) is 80.5 cm³/mol. The fraction of sp³-hybridized carbons (Fsp3) is 0.800. The van der Waals surface area contributed by atoms with Gasteiger partial charge >= 0.3 is 6.16 Å². The molecule has 2 saturated heterocycles. The van der Waals surface area contributed by atoms with Crippen LogP contribution >= 0.6 is 0 Å². The topological polar surface area (TPSA) is 80.7 Å². The maximum absolute atomic E-state index is 11.7. The van der Waals surface area contributed by atoms with Crippen molar-refractivity contribution < 1.29 is 23.9 Å². The summed E-state index contributed by atoms with van der Waals surface area (Å²) in [5.74, 6) is -0.0636. The van der Waals surface area contributed by atoms with E-state index in [-0.39, 0.29) is 24.3 Å². The predicted octanol–water partition coefficient (Wildman–Crippen LogP) is 1.16. The van der Waals surface area contributed by atoms with E-state index in [4.69, 9.17) is 14.3 Å². The van der Waals surface area contributed by atoms with Crippen molar-refractivity contribution in [1.29, 1.82) is 0 Å². The van der Waals surface area contributed by atoms with Gasteiger partial charge in [0.2, 0.25) is 17.5 Å². The minimum absolute atomic E-state index is 0.00223. The van der Waals surface area contributed by atoms with Gasteiger partial charge in [0, 0.05) is 39.5 Å². The largest absolute Gasteiger partial charge is 0.515 e. The maximum atomic E-state index is 11.7. The van der Waals surface area contributed by atoms with Crippen LogP contribution in [0.2, 0.25) is 0 Å². The lowest BCUT2D eigenvalue weighted by molar-refractivity contribution is -0.180. The van der Waals surface area contributed by atoms with E-state index in [0.717, 1.165) is 25.9 Å². The highest BCUT2D eigenvalue weighted by Gasteiger charge is 2.58. The van der Waals surface area contributed by atoms with Gasteiger partial charge < -0.3 is 19.2 Å². The Morgan fingerprint density at radius 1 is 1.35 bits per heavy atom. The summed E-state index contributed by atoms with van der Waals surface area (Å²) in [6.45, 7) is 6.39. The Labute approximate surface area is 135 Å².